The largest absolute Gasteiger partial charge is 0.463 e. The molecule has 3 aliphatic rings. The van der Waals surface area contributed by atoms with Gasteiger partial charge in [0.05, 0.1) is 42.4 Å². The van der Waals surface area contributed by atoms with Crippen molar-refractivity contribution in [1.29, 1.82) is 5.26 Å². The number of hydrogen-bond donors (Lipinski definition) is 0. The number of carbonyl (C=O) groups is 1. The molecule has 0 bridgehead atoms. The molecule has 2 aromatic carbocycles. The summed E-state index contributed by atoms with van der Waals surface area (Å²) in [6.45, 7) is 9.08. The molecular formula is C36H42ClFN6O3. The molecule has 2 fully saturated rings. The first-order chi connectivity index (χ1) is 22.7. The maximum absolute atomic E-state index is 13.9. The van der Waals surface area contributed by atoms with E-state index in [9.17, 15) is 14.4 Å². The van der Waals surface area contributed by atoms with Crippen molar-refractivity contribution in [2.45, 2.75) is 58.0 Å². The third-order valence-electron chi connectivity index (χ3n) is 9.86. The van der Waals surface area contributed by atoms with Crippen LogP contribution in [0.5, 0.6) is 6.01 Å². The number of nitriles is 1. The van der Waals surface area contributed by atoms with E-state index in [4.69, 9.17) is 31.0 Å². The van der Waals surface area contributed by atoms with Crippen LogP contribution in [0.2, 0.25) is 5.02 Å². The highest BCUT2D eigenvalue weighted by molar-refractivity contribution is 6.36. The number of aromatic nitrogens is 2. The number of amides is 1. The van der Waals surface area contributed by atoms with Crippen LogP contribution in [0.15, 0.2) is 48.8 Å². The van der Waals surface area contributed by atoms with Crippen LogP contribution in [0.25, 0.3) is 10.8 Å². The van der Waals surface area contributed by atoms with E-state index in [1.54, 1.807) is 7.11 Å². The summed E-state index contributed by atoms with van der Waals surface area (Å²) in [5, 5.41) is 12.4. The van der Waals surface area contributed by atoms with E-state index in [0.29, 0.717) is 49.6 Å². The normalized spacial score (nSPS) is 19.2. The maximum atomic E-state index is 13.9. The maximum Gasteiger partial charge on any atom is 0.318 e. The summed E-state index contributed by atoms with van der Waals surface area (Å²) in [5.74, 6) is -0.500. The minimum absolute atomic E-state index is 0.0749. The van der Waals surface area contributed by atoms with E-state index in [-0.39, 0.29) is 18.4 Å². The number of fused-ring (bicyclic) bond motifs is 2. The average Bonchev–Trinajstić information content (AvgIpc) is 3.84. The Bertz CT molecular complexity index is 1690. The summed E-state index contributed by atoms with van der Waals surface area (Å²) in [5.41, 5.74) is 3.08. The van der Waals surface area contributed by atoms with Gasteiger partial charge in [0.15, 0.2) is 5.83 Å². The predicted molar refractivity (Wildman–Crippen MR) is 181 cm³/mol. The Kier molecular flexibility index (Phi) is 9.85. The van der Waals surface area contributed by atoms with Crippen molar-refractivity contribution in [3.63, 3.8) is 0 Å². The molecule has 0 N–H and O–H groups in total. The third-order valence-corrected chi connectivity index (χ3v) is 10.2. The molecule has 1 saturated heterocycles. The van der Waals surface area contributed by atoms with Crippen molar-refractivity contribution >= 4 is 39.8 Å². The van der Waals surface area contributed by atoms with Crippen LogP contribution in [-0.4, -0.2) is 73.3 Å². The number of carbonyl (C=O) groups excluding carboxylic acids is 1. The lowest BCUT2D eigenvalue weighted by atomic mass is 9.92. The highest BCUT2D eigenvalue weighted by Crippen LogP contribution is 2.51. The van der Waals surface area contributed by atoms with Gasteiger partial charge in [-0.1, -0.05) is 49.4 Å². The van der Waals surface area contributed by atoms with Crippen LogP contribution in [0.4, 0.5) is 15.9 Å². The molecule has 3 aromatic rings. The number of methoxy groups -OCH3 is 1. The molecule has 1 amide bonds. The van der Waals surface area contributed by atoms with Gasteiger partial charge in [0.1, 0.15) is 5.82 Å². The molecule has 47 heavy (non-hydrogen) atoms. The molecule has 6 rings (SSSR count). The monoisotopic (exact) mass is 660 g/mol. The second kappa shape index (κ2) is 14.0. The summed E-state index contributed by atoms with van der Waals surface area (Å²) >= 11 is 6.71. The average molecular weight is 661 g/mol. The molecule has 1 unspecified atom stereocenters. The Hall–Kier alpha value is -3.94. The first-order valence-corrected chi connectivity index (χ1v) is 16.8. The quantitative estimate of drug-likeness (QED) is 0.204. The Morgan fingerprint density at radius 1 is 1.19 bits per heavy atom. The van der Waals surface area contributed by atoms with Gasteiger partial charge in [-0.25, -0.2) is 4.39 Å². The Morgan fingerprint density at radius 3 is 2.70 bits per heavy atom. The number of benzene rings is 2. The van der Waals surface area contributed by atoms with Crippen molar-refractivity contribution < 1.29 is 18.7 Å². The van der Waals surface area contributed by atoms with Crippen molar-refractivity contribution in [2.75, 3.05) is 56.3 Å². The second-order valence-electron chi connectivity index (χ2n) is 13.3. The minimum atomic E-state index is -1.02. The van der Waals surface area contributed by atoms with E-state index in [2.05, 4.69) is 47.6 Å². The molecule has 1 saturated carbocycles. The first kappa shape index (κ1) is 33.0. The zero-order chi connectivity index (χ0) is 33.1. The fraction of sp³-hybridized carbons (Fsp3) is 0.500. The standard InChI is InChI=1S/C36H42ClFN6O3/c1-24(12-19-46-3)20-36(13-14-36)23-47-35-40-30-22-42(31-9-5-7-26-6-4-8-29(37)32(26)31)16-11-28(30)33(41-35)43-17-18-44(34(45)25(2)38)27(21-43)10-15-39/h4-9,24,27H,2,10-14,16-23H2,1,3H3/t24?,27-/m0/s1. The molecule has 1 aromatic heterocycles. The number of rotatable bonds is 12. The molecule has 9 nitrogen and oxygen atoms in total. The van der Waals surface area contributed by atoms with Gasteiger partial charge < -0.3 is 24.2 Å². The van der Waals surface area contributed by atoms with Gasteiger partial charge in [0.25, 0.3) is 5.91 Å². The van der Waals surface area contributed by atoms with Crippen LogP contribution in [0.1, 0.15) is 50.3 Å². The van der Waals surface area contributed by atoms with Crippen LogP contribution < -0.4 is 14.5 Å². The number of piperazine rings is 1. The van der Waals surface area contributed by atoms with Gasteiger partial charge >= 0.3 is 6.01 Å². The van der Waals surface area contributed by atoms with Gasteiger partial charge in [-0.15, -0.1) is 0 Å². The minimum Gasteiger partial charge on any atom is -0.463 e. The zero-order valence-corrected chi connectivity index (χ0v) is 27.9. The zero-order valence-electron chi connectivity index (χ0n) is 27.2. The molecule has 3 heterocycles. The lowest BCUT2D eigenvalue weighted by Gasteiger charge is -2.42. The fourth-order valence-corrected chi connectivity index (χ4v) is 7.45. The van der Waals surface area contributed by atoms with E-state index >= 15 is 0 Å². The predicted octanol–water partition coefficient (Wildman–Crippen LogP) is 6.48. The summed E-state index contributed by atoms with van der Waals surface area (Å²) in [6, 6.07) is 14.2. The summed E-state index contributed by atoms with van der Waals surface area (Å²) in [7, 11) is 1.74. The highest BCUT2D eigenvalue weighted by atomic mass is 35.5. The van der Waals surface area contributed by atoms with Gasteiger partial charge in [-0.2, -0.15) is 15.2 Å². The van der Waals surface area contributed by atoms with Gasteiger partial charge in [0.2, 0.25) is 0 Å². The fourth-order valence-electron chi connectivity index (χ4n) is 7.17. The number of anilines is 2. The molecule has 0 spiro atoms. The summed E-state index contributed by atoms with van der Waals surface area (Å²) in [6.07, 6.45) is 5.07. The third kappa shape index (κ3) is 7.16. The van der Waals surface area contributed by atoms with Crippen LogP contribution in [-0.2, 0) is 22.5 Å². The Balaban J connectivity index is 1.31. The molecular weight excluding hydrogens is 619 g/mol. The number of halogens is 2. The van der Waals surface area contributed by atoms with Crippen molar-refractivity contribution in [2.24, 2.45) is 11.3 Å². The van der Waals surface area contributed by atoms with Gasteiger partial charge in [-0.05, 0) is 55.5 Å². The van der Waals surface area contributed by atoms with Crippen molar-refractivity contribution in [3.8, 4) is 12.1 Å². The Labute approximate surface area is 280 Å². The Morgan fingerprint density at radius 2 is 1.98 bits per heavy atom. The smallest absolute Gasteiger partial charge is 0.318 e. The molecule has 1 aliphatic carbocycles. The van der Waals surface area contributed by atoms with Gasteiger partial charge in [0, 0.05) is 61.9 Å². The van der Waals surface area contributed by atoms with Crippen molar-refractivity contribution in [3.05, 3.63) is 65.1 Å². The summed E-state index contributed by atoms with van der Waals surface area (Å²) < 4.78 is 25.6. The lowest BCUT2D eigenvalue weighted by molar-refractivity contribution is -0.131. The van der Waals surface area contributed by atoms with Crippen LogP contribution in [0, 0.1) is 22.7 Å². The molecule has 2 atom stereocenters. The lowest BCUT2D eigenvalue weighted by Crippen LogP contribution is -2.55. The molecule has 248 valence electrons. The van der Waals surface area contributed by atoms with Crippen LogP contribution in [0.3, 0.4) is 0 Å². The van der Waals surface area contributed by atoms with E-state index < -0.39 is 17.8 Å². The number of nitrogens with zero attached hydrogens (tertiary/aromatic N) is 6. The number of ether oxygens (including phenoxy) is 2. The van der Waals surface area contributed by atoms with E-state index in [1.807, 2.05) is 18.2 Å². The first-order valence-electron chi connectivity index (χ1n) is 16.4. The molecule has 2 aliphatic heterocycles. The summed E-state index contributed by atoms with van der Waals surface area (Å²) in [4.78, 5) is 28.4. The van der Waals surface area contributed by atoms with Crippen LogP contribution >= 0.6 is 11.6 Å². The SMILES string of the molecule is C=C(F)C(=O)N1CCN(c2nc(OCC3(CC(C)CCOC)CC3)nc3c2CCN(c2cccc4cccc(Cl)c24)C3)C[C@@H]1CC#N. The highest BCUT2D eigenvalue weighted by Gasteiger charge is 2.44. The molecule has 11 heteroatoms. The molecule has 0 radical (unpaired) electrons. The number of hydrogen-bond acceptors (Lipinski definition) is 8. The van der Waals surface area contributed by atoms with Gasteiger partial charge in [-0.3, -0.25) is 4.79 Å². The topological polar surface area (TPSA) is 94.8 Å². The second-order valence-corrected chi connectivity index (χ2v) is 13.7. The van der Waals surface area contributed by atoms with E-state index in [1.165, 1.54) is 4.90 Å². The van der Waals surface area contributed by atoms with E-state index in [0.717, 1.165) is 72.4 Å². The van der Waals surface area contributed by atoms with Crippen molar-refractivity contribution in [1.82, 2.24) is 14.9 Å².